The second-order valence-corrected chi connectivity index (χ2v) is 10.8. The third-order valence-corrected chi connectivity index (χ3v) is 7.05. The Hall–Kier alpha value is -2.96. The number of methoxy groups -OCH3 is 1. The molecule has 37 heavy (non-hydrogen) atoms. The van der Waals surface area contributed by atoms with Crippen molar-refractivity contribution in [3.8, 4) is 5.75 Å². The molecule has 0 aromatic heterocycles. The molecule has 196 valence electrons. The zero-order chi connectivity index (χ0) is 26.6. The SMILES string of the molecule is COc1cccc(CN(C(=O)CSCc2cccc(Cl)c2)C(Cc2ccccc2)C(=O)NCC(C)C)c1. The van der Waals surface area contributed by atoms with Crippen LogP contribution in [0.3, 0.4) is 0 Å². The van der Waals surface area contributed by atoms with E-state index in [2.05, 4.69) is 19.2 Å². The van der Waals surface area contributed by atoms with Crippen molar-refractivity contribution >= 4 is 35.2 Å². The van der Waals surface area contributed by atoms with Crippen LogP contribution in [0.4, 0.5) is 0 Å². The van der Waals surface area contributed by atoms with Gasteiger partial charge in [0.2, 0.25) is 11.8 Å². The van der Waals surface area contributed by atoms with Crippen LogP contribution in [0.2, 0.25) is 5.02 Å². The lowest BCUT2D eigenvalue weighted by Gasteiger charge is -2.32. The summed E-state index contributed by atoms with van der Waals surface area (Å²) in [5.74, 6) is 1.69. The first-order valence-electron chi connectivity index (χ1n) is 12.4. The van der Waals surface area contributed by atoms with Gasteiger partial charge in [0.1, 0.15) is 11.8 Å². The monoisotopic (exact) mass is 538 g/mol. The van der Waals surface area contributed by atoms with Crippen molar-refractivity contribution in [2.45, 2.75) is 38.6 Å². The van der Waals surface area contributed by atoms with Gasteiger partial charge >= 0.3 is 0 Å². The van der Waals surface area contributed by atoms with E-state index in [9.17, 15) is 9.59 Å². The van der Waals surface area contributed by atoms with Crippen LogP contribution >= 0.6 is 23.4 Å². The van der Waals surface area contributed by atoms with Crippen LogP contribution < -0.4 is 10.1 Å². The summed E-state index contributed by atoms with van der Waals surface area (Å²) in [5, 5.41) is 3.73. The Kier molecular flexibility index (Phi) is 11.4. The summed E-state index contributed by atoms with van der Waals surface area (Å²) in [6.45, 7) is 4.96. The third-order valence-electron chi connectivity index (χ3n) is 5.83. The van der Waals surface area contributed by atoms with Crippen LogP contribution in [0.1, 0.15) is 30.5 Å². The molecule has 1 N–H and O–H groups in total. The molecule has 2 amide bonds. The van der Waals surface area contributed by atoms with E-state index in [1.54, 1.807) is 12.0 Å². The van der Waals surface area contributed by atoms with Gasteiger partial charge in [-0.25, -0.2) is 0 Å². The van der Waals surface area contributed by atoms with E-state index in [0.717, 1.165) is 16.7 Å². The van der Waals surface area contributed by atoms with Gasteiger partial charge < -0.3 is 15.0 Å². The normalized spacial score (nSPS) is 11.7. The molecule has 0 aliphatic carbocycles. The van der Waals surface area contributed by atoms with Crippen molar-refractivity contribution in [1.29, 1.82) is 0 Å². The number of thioether (sulfide) groups is 1. The maximum absolute atomic E-state index is 13.7. The maximum Gasteiger partial charge on any atom is 0.243 e. The number of carbonyl (C=O) groups is 2. The minimum atomic E-state index is -0.647. The molecule has 0 aliphatic heterocycles. The summed E-state index contributed by atoms with van der Waals surface area (Å²) >= 11 is 7.64. The molecular weight excluding hydrogens is 504 g/mol. The van der Waals surface area contributed by atoms with Gasteiger partial charge in [-0.2, -0.15) is 0 Å². The smallest absolute Gasteiger partial charge is 0.243 e. The Bertz CT molecular complexity index is 1160. The van der Waals surface area contributed by atoms with Gasteiger partial charge in [-0.05, 0) is 46.9 Å². The topological polar surface area (TPSA) is 58.6 Å². The number of amides is 2. The summed E-state index contributed by atoms with van der Waals surface area (Å²) in [6.07, 6.45) is 0.430. The van der Waals surface area contributed by atoms with E-state index >= 15 is 0 Å². The first-order chi connectivity index (χ1) is 17.9. The maximum atomic E-state index is 13.7. The molecule has 0 bridgehead atoms. The number of halogens is 1. The molecule has 0 heterocycles. The highest BCUT2D eigenvalue weighted by Crippen LogP contribution is 2.21. The van der Waals surface area contributed by atoms with Crippen LogP contribution in [-0.2, 0) is 28.3 Å². The average molecular weight is 539 g/mol. The zero-order valence-corrected chi connectivity index (χ0v) is 23.2. The Balaban J connectivity index is 1.86. The molecule has 3 aromatic carbocycles. The molecule has 0 spiro atoms. The van der Waals surface area contributed by atoms with E-state index in [4.69, 9.17) is 16.3 Å². The predicted molar refractivity (Wildman–Crippen MR) is 153 cm³/mol. The van der Waals surface area contributed by atoms with Crippen molar-refractivity contribution in [2.24, 2.45) is 5.92 Å². The molecule has 5 nitrogen and oxygen atoms in total. The lowest BCUT2D eigenvalue weighted by molar-refractivity contribution is -0.139. The summed E-state index contributed by atoms with van der Waals surface area (Å²) in [5.41, 5.74) is 2.96. The van der Waals surface area contributed by atoms with Gasteiger partial charge in [0.25, 0.3) is 0 Å². The first-order valence-corrected chi connectivity index (χ1v) is 13.9. The van der Waals surface area contributed by atoms with Gasteiger partial charge in [0.05, 0.1) is 12.9 Å². The molecule has 3 rings (SSSR count). The number of rotatable bonds is 13. The molecule has 1 unspecified atom stereocenters. The van der Waals surface area contributed by atoms with Gasteiger partial charge in [-0.3, -0.25) is 9.59 Å². The molecule has 0 fully saturated rings. The molecule has 7 heteroatoms. The molecule has 1 atom stereocenters. The van der Waals surface area contributed by atoms with Gasteiger partial charge in [0, 0.05) is 30.3 Å². The molecule has 0 saturated heterocycles. The Morgan fingerprint density at radius 2 is 1.65 bits per heavy atom. The Morgan fingerprint density at radius 1 is 0.946 bits per heavy atom. The molecule has 0 aliphatic rings. The lowest BCUT2D eigenvalue weighted by atomic mass is 10.0. The largest absolute Gasteiger partial charge is 0.497 e. The van der Waals surface area contributed by atoms with Crippen LogP contribution in [0.15, 0.2) is 78.9 Å². The summed E-state index contributed by atoms with van der Waals surface area (Å²) in [4.78, 5) is 28.9. The van der Waals surface area contributed by atoms with E-state index in [-0.39, 0.29) is 17.6 Å². The summed E-state index contributed by atoms with van der Waals surface area (Å²) in [6, 6.07) is 24.5. The number of hydrogen-bond donors (Lipinski definition) is 1. The summed E-state index contributed by atoms with van der Waals surface area (Å²) in [7, 11) is 1.62. The highest BCUT2D eigenvalue weighted by Gasteiger charge is 2.30. The standard InChI is InChI=1S/C30H35ClN2O3S/c1-22(2)18-32-30(35)28(17-23-9-5-4-6-10-23)33(19-24-11-8-14-27(16-24)36-3)29(34)21-37-20-25-12-7-13-26(31)15-25/h4-16,22,28H,17-21H2,1-3H3,(H,32,35). The second kappa shape index (κ2) is 14.7. The average Bonchev–Trinajstić information content (AvgIpc) is 2.90. The van der Waals surface area contributed by atoms with E-state index < -0.39 is 6.04 Å². The van der Waals surface area contributed by atoms with E-state index in [1.807, 2.05) is 78.9 Å². The van der Waals surface area contributed by atoms with Crippen molar-refractivity contribution in [3.63, 3.8) is 0 Å². The minimum absolute atomic E-state index is 0.0875. The highest BCUT2D eigenvalue weighted by molar-refractivity contribution is 7.99. The minimum Gasteiger partial charge on any atom is -0.497 e. The van der Waals surface area contributed by atoms with E-state index in [0.29, 0.717) is 42.0 Å². The number of carbonyl (C=O) groups excluding carboxylic acids is 2. The number of nitrogens with one attached hydrogen (secondary N) is 1. The second-order valence-electron chi connectivity index (χ2n) is 9.34. The van der Waals surface area contributed by atoms with Crippen molar-refractivity contribution < 1.29 is 14.3 Å². The van der Waals surface area contributed by atoms with Crippen molar-refractivity contribution in [2.75, 3.05) is 19.4 Å². The van der Waals surface area contributed by atoms with Crippen molar-refractivity contribution in [3.05, 3.63) is 101 Å². The fraction of sp³-hybridized carbons (Fsp3) is 0.333. The number of benzene rings is 3. The van der Waals surface area contributed by atoms with Crippen LogP contribution in [-0.4, -0.2) is 42.2 Å². The molecule has 0 saturated carbocycles. The molecule has 0 radical (unpaired) electrons. The fourth-order valence-electron chi connectivity index (χ4n) is 3.91. The van der Waals surface area contributed by atoms with Crippen LogP contribution in [0.25, 0.3) is 0 Å². The number of ether oxygens (including phenoxy) is 1. The highest BCUT2D eigenvalue weighted by atomic mass is 35.5. The van der Waals surface area contributed by atoms with Gasteiger partial charge in [-0.1, -0.05) is 80.0 Å². The van der Waals surface area contributed by atoms with Crippen molar-refractivity contribution in [1.82, 2.24) is 10.2 Å². The third kappa shape index (κ3) is 9.45. The Labute approximate surface area is 229 Å². The molecule has 3 aromatic rings. The van der Waals surface area contributed by atoms with Crippen LogP contribution in [0, 0.1) is 5.92 Å². The van der Waals surface area contributed by atoms with Gasteiger partial charge in [0.15, 0.2) is 0 Å². The number of nitrogens with zero attached hydrogens (tertiary/aromatic N) is 1. The summed E-state index contributed by atoms with van der Waals surface area (Å²) < 4.78 is 5.39. The lowest BCUT2D eigenvalue weighted by Crippen LogP contribution is -2.51. The quantitative estimate of drug-likeness (QED) is 0.290. The van der Waals surface area contributed by atoms with Gasteiger partial charge in [-0.15, -0.1) is 11.8 Å². The first kappa shape index (κ1) is 28.6. The number of hydrogen-bond acceptors (Lipinski definition) is 4. The predicted octanol–water partition coefficient (Wildman–Crippen LogP) is 5.99. The molecular formula is C30H35ClN2O3S. The zero-order valence-electron chi connectivity index (χ0n) is 21.7. The Morgan fingerprint density at radius 3 is 2.35 bits per heavy atom. The van der Waals surface area contributed by atoms with Crippen LogP contribution in [0.5, 0.6) is 5.75 Å². The van der Waals surface area contributed by atoms with E-state index in [1.165, 1.54) is 11.8 Å². The fourth-order valence-corrected chi connectivity index (χ4v) is 4.98.